The Hall–Kier alpha value is -0.120. The van der Waals surface area contributed by atoms with Gasteiger partial charge in [0.2, 0.25) is 0 Å². The summed E-state index contributed by atoms with van der Waals surface area (Å²) < 4.78 is 5.07. The van der Waals surface area contributed by atoms with Crippen molar-refractivity contribution in [2.75, 3.05) is 19.8 Å². The third-order valence-corrected chi connectivity index (χ3v) is 1.56. The molecule has 3 nitrogen and oxygen atoms in total. The molecule has 0 saturated heterocycles. The fourth-order valence-corrected chi connectivity index (χ4v) is 0.928. The van der Waals surface area contributed by atoms with Crippen LogP contribution in [0.5, 0.6) is 0 Å². The lowest BCUT2D eigenvalue weighted by Gasteiger charge is -2.16. The van der Waals surface area contributed by atoms with Crippen molar-refractivity contribution in [1.82, 2.24) is 0 Å². The Morgan fingerprint density at radius 3 is 2.33 bits per heavy atom. The number of unbranched alkanes of at least 4 members (excludes halogenated alkanes) is 1. The normalized spacial score (nSPS) is 12.0. The molecule has 0 rings (SSSR count). The van der Waals surface area contributed by atoms with E-state index in [1.807, 2.05) is 13.8 Å². The van der Waals surface area contributed by atoms with Crippen LogP contribution in [0.1, 0.15) is 33.1 Å². The van der Waals surface area contributed by atoms with Gasteiger partial charge in [0.1, 0.15) is 0 Å². The Bertz CT molecular complexity index is 96.4. The monoisotopic (exact) mass is 176 g/mol. The van der Waals surface area contributed by atoms with Crippen LogP contribution in [0.25, 0.3) is 0 Å². The quantitative estimate of drug-likeness (QED) is 0.567. The van der Waals surface area contributed by atoms with Crippen LogP contribution in [0, 0.1) is 0 Å². The molecule has 0 radical (unpaired) electrons. The highest BCUT2D eigenvalue weighted by molar-refractivity contribution is 4.63. The smallest absolute Gasteiger partial charge is 0.0697 e. The molecule has 3 heteroatoms. The van der Waals surface area contributed by atoms with Crippen LogP contribution in [0.2, 0.25) is 0 Å². The fraction of sp³-hybridized carbons (Fsp3) is 1.00. The second kappa shape index (κ2) is 6.40. The molecule has 0 fully saturated rings. The van der Waals surface area contributed by atoms with E-state index in [-0.39, 0.29) is 6.61 Å². The average molecular weight is 176 g/mol. The maximum atomic E-state index is 9.34. The minimum Gasteiger partial charge on any atom is -0.394 e. The van der Waals surface area contributed by atoms with Gasteiger partial charge in [-0.15, -0.1) is 0 Å². The van der Waals surface area contributed by atoms with Crippen LogP contribution in [0.4, 0.5) is 0 Å². The van der Waals surface area contributed by atoms with Gasteiger partial charge in [0.25, 0.3) is 0 Å². The molecule has 74 valence electrons. The van der Waals surface area contributed by atoms with Gasteiger partial charge in [-0.3, -0.25) is 0 Å². The zero-order chi connectivity index (χ0) is 9.45. The summed E-state index contributed by atoms with van der Waals surface area (Å²) in [6.45, 7) is 4.80. The number of rotatable bonds is 7. The molecule has 0 heterocycles. The van der Waals surface area contributed by atoms with E-state index in [2.05, 4.69) is 0 Å². The summed E-state index contributed by atoms with van der Waals surface area (Å²) in [7, 11) is 0. The van der Waals surface area contributed by atoms with Gasteiger partial charge in [-0.1, -0.05) is 0 Å². The molecule has 0 bridgehead atoms. The van der Waals surface area contributed by atoms with Gasteiger partial charge in [-0.05, 0) is 33.1 Å². The van der Waals surface area contributed by atoms with Gasteiger partial charge in [0, 0.05) is 6.61 Å². The maximum Gasteiger partial charge on any atom is 0.0697 e. The molecule has 0 aromatic carbocycles. The minimum absolute atomic E-state index is 0.0888. The van der Waals surface area contributed by atoms with Gasteiger partial charge in [0.15, 0.2) is 0 Å². The van der Waals surface area contributed by atoms with Crippen molar-refractivity contribution in [1.29, 1.82) is 0 Å². The van der Waals surface area contributed by atoms with E-state index in [1.54, 1.807) is 0 Å². The first-order chi connectivity index (χ1) is 5.56. The molecule has 0 aliphatic rings. The molecule has 0 amide bonds. The van der Waals surface area contributed by atoms with Gasteiger partial charge < -0.3 is 14.9 Å². The summed E-state index contributed by atoms with van der Waals surface area (Å²) in [4.78, 5) is 0. The molecule has 0 atom stereocenters. The predicted octanol–water partition coefficient (Wildman–Crippen LogP) is 0.936. The molecule has 0 aromatic rings. The first-order valence-corrected chi connectivity index (χ1v) is 4.47. The van der Waals surface area contributed by atoms with E-state index in [0.29, 0.717) is 13.2 Å². The largest absolute Gasteiger partial charge is 0.394 e. The van der Waals surface area contributed by atoms with Crippen molar-refractivity contribution in [2.45, 2.75) is 38.7 Å². The fourth-order valence-electron chi connectivity index (χ4n) is 0.928. The van der Waals surface area contributed by atoms with E-state index < -0.39 is 5.60 Å². The molecule has 12 heavy (non-hydrogen) atoms. The van der Waals surface area contributed by atoms with Gasteiger partial charge in [-0.25, -0.2) is 0 Å². The Balaban J connectivity index is 3.01. The van der Waals surface area contributed by atoms with E-state index in [4.69, 9.17) is 9.84 Å². The Morgan fingerprint density at radius 2 is 1.83 bits per heavy atom. The van der Waals surface area contributed by atoms with Crippen molar-refractivity contribution in [3.05, 3.63) is 0 Å². The summed E-state index contributed by atoms with van der Waals surface area (Å²) >= 11 is 0. The van der Waals surface area contributed by atoms with Crippen molar-refractivity contribution >= 4 is 0 Å². The number of ether oxygens (including phenoxy) is 1. The standard InChI is InChI=1S/C9H20O3/c1-9(2,11)5-3-4-7-12-8-6-10/h10-11H,3-8H2,1-2H3. The summed E-state index contributed by atoms with van der Waals surface area (Å²) in [5, 5.41) is 17.7. The minimum atomic E-state index is -0.559. The molecular formula is C9H20O3. The highest BCUT2D eigenvalue weighted by atomic mass is 16.5. The Labute approximate surface area is 74.4 Å². The van der Waals surface area contributed by atoms with Gasteiger partial charge >= 0.3 is 0 Å². The van der Waals surface area contributed by atoms with E-state index in [0.717, 1.165) is 19.3 Å². The summed E-state index contributed by atoms with van der Waals surface area (Å²) in [5.74, 6) is 0. The SMILES string of the molecule is CC(C)(O)CCCCOCCO. The van der Waals surface area contributed by atoms with E-state index >= 15 is 0 Å². The van der Waals surface area contributed by atoms with Crippen molar-refractivity contribution in [2.24, 2.45) is 0 Å². The van der Waals surface area contributed by atoms with Crippen molar-refractivity contribution in [3.63, 3.8) is 0 Å². The number of aliphatic hydroxyl groups is 2. The highest BCUT2D eigenvalue weighted by Gasteiger charge is 2.10. The van der Waals surface area contributed by atoms with E-state index in [1.165, 1.54) is 0 Å². The van der Waals surface area contributed by atoms with Crippen LogP contribution >= 0.6 is 0 Å². The average Bonchev–Trinajstić information content (AvgIpc) is 1.94. The first-order valence-electron chi connectivity index (χ1n) is 4.47. The predicted molar refractivity (Wildman–Crippen MR) is 48.1 cm³/mol. The zero-order valence-electron chi connectivity index (χ0n) is 8.05. The van der Waals surface area contributed by atoms with Crippen LogP contribution in [-0.4, -0.2) is 35.6 Å². The van der Waals surface area contributed by atoms with Crippen LogP contribution in [0.15, 0.2) is 0 Å². The molecular weight excluding hydrogens is 156 g/mol. The maximum absolute atomic E-state index is 9.34. The zero-order valence-corrected chi connectivity index (χ0v) is 8.05. The second-order valence-corrected chi connectivity index (χ2v) is 3.61. The van der Waals surface area contributed by atoms with E-state index in [9.17, 15) is 5.11 Å². The summed E-state index contributed by atoms with van der Waals surface area (Å²) in [5.41, 5.74) is -0.559. The van der Waals surface area contributed by atoms with Crippen molar-refractivity contribution in [3.8, 4) is 0 Å². The third-order valence-electron chi connectivity index (χ3n) is 1.56. The lowest BCUT2D eigenvalue weighted by Crippen LogP contribution is -2.18. The molecule has 2 N–H and O–H groups in total. The van der Waals surface area contributed by atoms with Crippen LogP contribution < -0.4 is 0 Å². The van der Waals surface area contributed by atoms with Gasteiger partial charge in [0.05, 0.1) is 18.8 Å². The number of hydrogen-bond donors (Lipinski definition) is 2. The summed E-state index contributed by atoms with van der Waals surface area (Å²) in [6.07, 6.45) is 2.72. The molecule has 0 aromatic heterocycles. The molecule has 0 spiro atoms. The molecule has 0 aliphatic carbocycles. The van der Waals surface area contributed by atoms with Crippen LogP contribution in [-0.2, 0) is 4.74 Å². The Morgan fingerprint density at radius 1 is 1.17 bits per heavy atom. The lowest BCUT2D eigenvalue weighted by atomic mass is 10.0. The topological polar surface area (TPSA) is 49.7 Å². The highest BCUT2D eigenvalue weighted by Crippen LogP contribution is 2.11. The van der Waals surface area contributed by atoms with Gasteiger partial charge in [-0.2, -0.15) is 0 Å². The molecule has 0 unspecified atom stereocenters. The number of aliphatic hydroxyl groups excluding tert-OH is 1. The molecule has 0 aliphatic heterocycles. The lowest BCUT2D eigenvalue weighted by molar-refractivity contribution is 0.0586. The van der Waals surface area contributed by atoms with Crippen LogP contribution in [0.3, 0.4) is 0 Å². The number of hydrogen-bond acceptors (Lipinski definition) is 3. The van der Waals surface area contributed by atoms with Crippen molar-refractivity contribution < 1.29 is 14.9 Å². The molecule has 0 saturated carbocycles. The second-order valence-electron chi connectivity index (χ2n) is 3.61. The Kier molecular flexibility index (Phi) is 6.34. The summed E-state index contributed by atoms with van der Waals surface area (Å²) in [6, 6.07) is 0. The third kappa shape index (κ3) is 9.88. The first kappa shape index (κ1) is 11.9.